The highest BCUT2D eigenvalue weighted by molar-refractivity contribution is 7.92. The summed E-state index contributed by atoms with van der Waals surface area (Å²) in [4.78, 5) is 14.9. The van der Waals surface area contributed by atoms with Gasteiger partial charge in [0.15, 0.2) is 17.3 Å². The van der Waals surface area contributed by atoms with Gasteiger partial charge in [0.2, 0.25) is 0 Å². The molecule has 0 saturated heterocycles. The first-order valence-electron chi connectivity index (χ1n) is 7.66. The molecule has 10 heteroatoms. The highest BCUT2D eigenvalue weighted by atomic mass is 32.2. The van der Waals surface area contributed by atoms with Crippen LogP contribution in [0.5, 0.6) is 0 Å². The zero-order chi connectivity index (χ0) is 19.0. The van der Waals surface area contributed by atoms with Gasteiger partial charge < -0.3 is 4.98 Å². The molecule has 27 heavy (non-hydrogen) atoms. The molecule has 2 aromatic heterocycles. The summed E-state index contributed by atoms with van der Waals surface area (Å²) in [6.45, 7) is 0. The Kier molecular flexibility index (Phi) is 4.04. The molecule has 4 rings (SSSR count). The minimum atomic E-state index is -4.05. The van der Waals surface area contributed by atoms with Crippen LogP contribution in [0.1, 0.15) is 0 Å². The van der Waals surface area contributed by atoms with Crippen molar-refractivity contribution in [2.45, 2.75) is 4.90 Å². The standard InChI is InChI=1S/C17H11F2N5O2S/c18-13-6-5-12(7-14(13)19)27(25,26)24-11-3-1-10(2-4-11)15-16-17(22-8-20-15)23-9-21-16/h1-9,24H,(H,20,21,22,23). The van der Waals surface area contributed by atoms with Gasteiger partial charge in [0.05, 0.1) is 16.9 Å². The number of fused-ring (bicyclic) bond motifs is 1. The van der Waals surface area contributed by atoms with Crippen molar-refractivity contribution in [1.82, 2.24) is 19.9 Å². The highest BCUT2D eigenvalue weighted by Crippen LogP contribution is 2.25. The number of benzene rings is 2. The second-order valence-corrected chi connectivity index (χ2v) is 7.26. The Morgan fingerprint density at radius 2 is 1.70 bits per heavy atom. The van der Waals surface area contributed by atoms with Gasteiger partial charge in [-0.1, -0.05) is 12.1 Å². The van der Waals surface area contributed by atoms with Gasteiger partial charge in [0.1, 0.15) is 11.8 Å². The van der Waals surface area contributed by atoms with E-state index in [0.29, 0.717) is 22.9 Å². The molecule has 0 fully saturated rings. The summed E-state index contributed by atoms with van der Waals surface area (Å²) in [5.74, 6) is -2.35. The fourth-order valence-corrected chi connectivity index (χ4v) is 3.61. The van der Waals surface area contributed by atoms with Gasteiger partial charge in [-0.3, -0.25) is 4.72 Å². The Labute approximate surface area is 152 Å². The molecule has 0 aliphatic carbocycles. The third-order valence-electron chi connectivity index (χ3n) is 3.83. The van der Waals surface area contributed by atoms with Crippen LogP contribution in [0.25, 0.3) is 22.4 Å². The lowest BCUT2D eigenvalue weighted by atomic mass is 10.1. The molecule has 0 radical (unpaired) electrons. The van der Waals surface area contributed by atoms with E-state index in [0.717, 1.165) is 17.7 Å². The molecule has 0 unspecified atom stereocenters. The van der Waals surface area contributed by atoms with Crippen LogP contribution < -0.4 is 4.72 Å². The molecule has 0 atom stereocenters. The Hall–Kier alpha value is -3.40. The summed E-state index contributed by atoms with van der Waals surface area (Å²) >= 11 is 0. The molecule has 0 saturated carbocycles. The van der Waals surface area contributed by atoms with Crippen molar-refractivity contribution in [3.8, 4) is 11.3 Å². The molecule has 2 aromatic carbocycles. The molecule has 0 aliphatic rings. The maximum Gasteiger partial charge on any atom is 0.261 e. The summed E-state index contributed by atoms with van der Waals surface area (Å²) < 4.78 is 53.3. The van der Waals surface area contributed by atoms with E-state index in [1.54, 1.807) is 12.1 Å². The van der Waals surface area contributed by atoms with E-state index in [-0.39, 0.29) is 10.6 Å². The number of nitrogens with zero attached hydrogens (tertiary/aromatic N) is 3. The van der Waals surface area contributed by atoms with Crippen molar-refractivity contribution in [3.63, 3.8) is 0 Å². The van der Waals surface area contributed by atoms with Crippen molar-refractivity contribution >= 4 is 26.9 Å². The number of sulfonamides is 1. The first-order chi connectivity index (χ1) is 12.9. The largest absolute Gasteiger partial charge is 0.341 e. The van der Waals surface area contributed by atoms with Crippen LogP contribution in [0.15, 0.2) is 60.0 Å². The summed E-state index contributed by atoms with van der Waals surface area (Å²) in [7, 11) is -4.05. The van der Waals surface area contributed by atoms with E-state index in [4.69, 9.17) is 0 Å². The van der Waals surface area contributed by atoms with Crippen molar-refractivity contribution in [2.75, 3.05) is 4.72 Å². The average molecular weight is 387 g/mol. The predicted molar refractivity (Wildman–Crippen MR) is 94.3 cm³/mol. The van der Waals surface area contributed by atoms with Crippen LogP contribution in [0.2, 0.25) is 0 Å². The first kappa shape index (κ1) is 17.0. The minimum absolute atomic E-state index is 0.262. The van der Waals surface area contributed by atoms with E-state index in [9.17, 15) is 17.2 Å². The number of H-pyrrole nitrogens is 1. The average Bonchev–Trinajstić information content (AvgIpc) is 3.13. The quantitative estimate of drug-likeness (QED) is 0.560. The van der Waals surface area contributed by atoms with Gasteiger partial charge in [-0.25, -0.2) is 32.2 Å². The van der Waals surface area contributed by atoms with Gasteiger partial charge in [0, 0.05) is 11.3 Å². The molecule has 0 bridgehead atoms. The Morgan fingerprint density at radius 3 is 2.44 bits per heavy atom. The van der Waals surface area contributed by atoms with E-state index < -0.39 is 21.7 Å². The van der Waals surface area contributed by atoms with Gasteiger partial charge in [-0.2, -0.15) is 0 Å². The predicted octanol–water partition coefficient (Wildman–Crippen LogP) is 3.10. The lowest BCUT2D eigenvalue weighted by Gasteiger charge is -2.09. The van der Waals surface area contributed by atoms with Crippen molar-refractivity contribution in [3.05, 3.63) is 66.8 Å². The number of hydrogen-bond donors (Lipinski definition) is 2. The summed E-state index contributed by atoms with van der Waals surface area (Å²) in [6.07, 6.45) is 2.89. The first-order valence-corrected chi connectivity index (χ1v) is 9.15. The molecule has 136 valence electrons. The van der Waals surface area contributed by atoms with Crippen LogP contribution in [0.3, 0.4) is 0 Å². The Bertz CT molecular complexity index is 1240. The van der Waals surface area contributed by atoms with E-state index >= 15 is 0 Å². The van der Waals surface area contributed by atoms with Crippen molar-refractivity contribution in [1.29, 1.82) is 0 Å². The van der Waals surface area contributed by atoms with Crippen LogP contribution in [0, 0.1) is 11.6 Å². The van der Waals surface area contributed by atoms with E-state index in [1.807, 2.05) is 0 Å². The SMILES string of the molecule is O=S(=O)(Nc1ccc(-c2ncnc3nc[nH]c23)cc1)c1ccc(F)c(F)c1. The molecular weight excluding hydrogens is 376 g/mol. The number of hydrogen-bond acceptors (Lipinski definition) is 5. The number of rotatable bonds is 4. The van der Waals surface area contributed by atoms with Crippen LogP contribution in [0.4, 0.5) is 14.5 Å². The number of aromatic amines is 1. The van der Waals surface area contributed by atoms with Gasteiger partial charge in [0.25, 0.3) is 10.0 Å². The third kappa shape index (κ3) is 3.22. The van der Waals surface area contributed by atoms with Gasteiger partial charge in [-0.05, 0) is 30.3 Å². The van der Waals surface area contributed by atoms with Crippen LogP contribution in [-0.4, -0.2) is 28.4 Å². The van der Waals surface area contributed by atoms with E-state index in [2.05, 4.69) is 24.7 Å². The normalized spacial score (nSPS) is 11.6. The van der Waals surface area contributed by atoms with Crippen LogP contribution >= 0.6 is 0 Å². The third-order valence-corrected chi connectivity index (χ3v) is 5.21. The monoisotopic (exact) mass is 387 g/mol. The van der Waals surface area contributed by atoms with Gasteiger partial charge in [-0.15, -0.1) is 0 Å². The smallest absolute Gasteiger partial charge is 0.261 e. The fourth-order valence-electron chi connectivity index (χ4n) is 2.54. The van der Waals surface area contributed by atoms with Crippen molar-refractivity contribution in [2.24, 2.45) is 0 Å². The van der Waals surface area contributed by atoms with E-state index in [1.165, 1.54) is 24.8 Å². The van der Waals surface area contributed by atoms with Crippen LogP contribution in [-0.2, 0) is 10.0 Å². The Balaban J connectivity index is 1.62. The maximum absolute atomic E-state index is 13.3. The highest BCUT2D eigenvalue weighted by Gasteiger charge is 2.17. The lowest BCUT2D eigenvalue weighted by molar-refractivity contribution is 0.504. The fraction of sp³-hybridized carbons (Fsp3) is 0. The number of aromatic nitrogens is 4. The van der Waals surface area contributed by atoms with Crippen molar-refractivity contribution < 1.29 is 17.2 Å². The molecule has 0 amide bonds. The lowest BCUT2D eigenvalue weighted by Crippen LogP contribution is -2.13. The number of nitrogens with one attached hydrogen (secondary N) is 2. The molecule has 0 aliphatic heterocycles. The summed E-state index contributed by atoms with van der Waals surface area (Å²) in [6, 6.07) is 8.80. The van der Waals surface area contributed by atoms with Gasteiger partial charge >= 0.3 is 0 Å². The number of anilines is 1. The zero-order valence-electron chi connectivity index (χ0n) is 13.5. The topological polar surface area (TPSA) is 101 Å². The maximum atomic E-state index is 13.3. The number of halogens is 2. The Morgan fingerprint density at radius 1 is 0.926 bits per heavy atom. The molecular formula is C17H11F2N5O2S. The minimum Gasteiger partial charge on any atom is -0.341 e. The molecule has 4 aromatic rings. The summed E-state index contributed by atoms with van der Waals surface area (Å²) in [5.41, 5.74) is 2.78. The molecule has 7 nitrogen and oxygen atoms in total. The molecule has 2 N–H and O–H groups in total. The second kappa shape index (κ2) is 6.40. The summed E-state index contributed by atoms with van der Waals surface area (Å²) in [5, 5.41) is 0. The number of imidazole rings is 1. The molecule has 0 spiro atoms. The molecule has 2 heterocycles. The zero-order valence-corrected chi connectivity index (χ0v) is 14.3. The second-order valence-electron chi connectivity index (χ2n) is 5.58.